The lowest BCUT2D eigenvalue weighted by Crippen LogP contribution is -2.55. The lowest BCUT2D eigenvalue weighted by atomic mass is 10.0. The molecule has 0 spiro atoms. The minimum atomic E-state index is -4.13. The predicted octanol–water partition coefficient (Wildman–Crippen LogP) is 6.04. The van der Waals surface area contributed by atoms with Crippen LogP contribution in [0.25, 0.3) is 0 Å². The molecule has 3 rings (SSSR count). The van der Waals surface area contributed by atoms with Crippen LogP contribution < -0.4 is 14.4 Å². The molecule has 0 aliphatic heterocycles. The van der Waals surface area contributed by atoms with Crippen LogP contribution in [0.1, 0.15) is 70.6 Å². The SMILES string of the molecule is CCC(C(=O)NC(C)(C)C)N(Cc1ccc(OC)cc1)C(=O)CN(c1ccc(C(C)C)cc1)S(=O)(=O)c1ccc(C)cc1. The van der Waals surface area contributed by atoms with Crippen LogP contribution >= 0.6 is 0 Å². The van der Waals surface area contributed by atoms with E-state index < -0.39 is 34.1 Å². The second kappa shape index (κ2) is 14.1. The third-order valence-corrected chi connectivity index (χ3v) is 8.92. The molecule has 8 nitrogen and oxygen atoms in total. The Labute approximate surface area is 257 Å². The van der Waals surface area contributed by atoms with Gasteiger partial charge >= 0.3 is 0 Å². The van der Waals surface area contributed by atoms with Crippen molar-refractivity contribution in [3.05, 3.63) is 89.5 Å². The fraction of sp³-hybridized carbons (Fsp3) is 0.412. The molecule has 0 heterocycles. The van der Waals surface area contributed by atoms with Gasteiger partial charge in [0.25, 0.3) is 10.0 Å². The zero-order chi connectivity index (χ0) is 31.9. The highest BCUT2D eigenvalue weighted by Crippen LogP contribution is 2.27. The largest absolute Gasteiger partial charge is 0.497 e. The van der Waals surface area contributed by atoms with E-state index in [1.165, 1.54) is 4.90 Å². The molecule has 0 saturated carbocycles. The maximum atomic E-state index is 14.2. The number of rotatable bonds is 12. The van der Waals surface area contributed by atoms with Crippen molar-refractivity contribution >= 4 is 27.5 Å². The van der Waals surface area contributed by atoms with Crippen LogP contribution in [-0.4, -0.2) is 50.4 Å². The minimum Gasteiger partial charge on any atom is -0.497 e. The number of ether oxygens (including phenoxy) is 1. The van der Waals surface area contributed by atoms with E-state index in [1.54, 1.807) is 55.6 Å². The average Bonchev–Trinajstić information content (AvgIpc) is 2.95. The third-order valence-electron chi connectivity index (χ3n) is 7.13. The van der Waals surface area contributed by atoms with E-state index in [-0.39, 0.29) is 23.3 Å². The molecule has 1 N–H and O–H groups in total. The topological polar surface area (TPSA) is 96.0 Å². The van der Waals surface area contributed by atoms with Gasteiger partial charge in [-0.2, -0.15) is 0 Å². The Morgan fingerprint density at radius 1 is 0.907 bits per heavy atom. The van der Waals surface area contributed by atoms with Crippen LogP contribution in [0.2, 0.25) is 0 Å². The first-order valence-corrected chi connectivity index (χ1v) is 16.0. The molecule has 3 aromatic rings. The summed E-state index contributed by atoms with van der Waals surface area (Å²) in [6.45, 7) is 13.1. The molecule has 0 fully saturated rings. The zero-order valence-corrected chi connectivity index (χ0v) is 27.4. The van der Waals surface area contributed by atoms with Crippen molar-refractivity contribution in [2.75, 3.05) is 18.0 Å². The van der Waals surface area contributed by atoms with Crippen molar-refractivity contribution in [3.63, 3.8) is 0 Å². The van der Waals surface area contributed by atoms with Crippen molar-refractivity contribution in [1.82, 2.24) is 10.2 Å². The summed E-state index contributed by atoms with van der Waals surface area (Å²) in [4.78, 5) is 29.3. The Balaban J connectivity index is 2.08. The summed E-state index contributed by atoms with van der Waals surface area (Å²) >= 11 is 0. The normalized spacial score (nSPS) is 12.5. The number of amides is 2. The maximum absolute atomic E-state index is 14.2. The molecule has 2 amide bonds. The summed E-state index contributed by atoms with van der Waals surface area (Å²) in [5, 5.41) is 2.99. The quantitative estimate of drug-likeness (QED) is 0.271. The number of nitrogens with one attached hydrogen (secondary N) is 1. The van der Waals surface area contributed by atoms with Crippen molar-refractivity contribution < 1.29 is 22.7 Å². The van der Waals surface area contributed by atoms with Gasteiger partial charge in [0, 0.05) is 12.1 Å². The van der Waals surface area contributed by atoms with Gasteiger partial charge in [0.1, 0.15) is 18.3 Å². The third kappa shape index (κ3) is 8.83. The van der Waals surface area contributed by atoms with Gasteiger partial charge in [-0.1, -0.05) is 62.7 Å². The molecular weight excluding hydrogens is 562 g/mol. The Hall–Kier alpha value is -3.85. The molecule has 232 valence electrons. The van der Waals surface area contributed by atoms with Crippen molar-refractivity contribution in [1.29, 1.82) is 0 Å². The molecule has 0 bridgehead atoms. The number of aryl methyl sites for hydroxylation is 1. The lowest BCUT2D eigenvalue weighted by molar-refractivity contribution is -0.141. The highest BCUT2D eigenvalue weighted by atomic mass is 32.2. The first kappa shape index (κ1) is 33.6. The van der Waals surface area contributed by atoms with E-state index in [4.69, 9.17) is 4.74 Å². The summed E-state index contributed by atoms with van der Waals surface area (Å²) in [5.74, 6) is 0.130. The molecule has 0 aliphatic carbocycles. The fourth-order valence-electron chi connectivity index (χ4n) is 4.69. The van der Waals surface area contributed by atoms with E-state index in [0.29, 0.717) is 17.9 Å². The summed E-state index contributed by atoms with van der Waals surface area (Å²) in [5.41, 5.74) is 2.61. The first-order valence-electron chi connectivity index (χ1n) is 14.6. The summed E-state index contributed by atoms with van der Waals surface area (Å²) in [6, 6.07) is 20.2. The molecule has 1 atom stereocenters. The number of carbonyl (C=O) groups is 2. The van der Waals surface area contributed by atoms with Gasteiger partial charge in [-0.25, -0.2) is 8.42 Å². The smallest absolute Gasteiger partial charge is 0.264 e. The van der Waals surface area contributed by atoms with Gasteiger partial charge in [-0.15, -0.1) is 0 Å². The standard InChI is InChI=1S/C34H45N3O5S/c1-9-31(33(39)35-34(5,6)7)36(22-26-12-18-29(42-8)19-13-26)32(38)23-37(28-16-14-27(15-17-28)24(2)3)43(40,41)30-20-10-25(4)11-21-30/h10-21,24,31H,9,22-23H2,1-8H3,(H,35,39). The number of hydrogen-bond acceptors (Lipinski definition) is 5. The number of benzene rings is 3. The van der Waals surface area contributed by atoms with Crippen LogP contribution in [0.5, 0.6) is 5.75 Å². The van der Waals surface area contributed by atoms with Crippen LogP contribution in [-0.2, 0) is 26.2 Å². The van der Waals surface area contributed by atoms with Gasteiger partial charge in [0.15, 0.2) is 0 Å². The monoisotopic (exact) mass is 607 g/mol. The zero-order valence-electron chi connectivity index (χ0n) is 26.5. The second-order valence-electron chi connectivity index (χ2n) is 12.1. The molecule has 43 heavy (non-hydrogen) atoms. The molecule has 0 aromatic heterocycles. The van der Waals surface area contributed by atoms with Gasteiger partial charge in [-0.3, -0.25) is 13.9 Å². The Morgan fingerprint density at radius 2 is 1.49 bits per heavy atom. The minimum absolute atomic E-state index is 0.0815. The molecule has 0 aliphatic rings. The van der Waals surface area contributed by atoms with Crippen molar-refractivity contribution in [2.24, 2.45) is 0 Å². The lowest BCUT2D eigenvalue weighted by Gasteiger charge is -2.35. The number of hydrogen-bond donors (Lipinski definition) is 1. The van der Waals surface area contributed by atoms with E-state index in [0.717, 1.165) is 21.0 Å². The number of methoxy groups -OCH3 is 1. The van der Waals surface area contributed by atoms with E-state index in [1.807, 2.05) is 58.9 Å². The second-order valence-corrected chi connectivity index (χ2v) is 14.0. The van der Waals surface area contributed by atoms with Crippen LogP contribution in [0.3, 0.4) is 0 Å². The van der Waals surface area contributed by atoms with E-state index in [2.05, 4.69) is 19.2 Å². The molecule has 0 saturated heterocycles. The number of sulfonamides is 1. The fourth-order valence-corrected chi connectivity index (χ4v) is 6.11. The summed E-state index contributed by atoms with van der Waals surface area (Å²) in [7, 11) is -2.55. The van der Waals surface area contributed by atoms with Gasteiger partial charge in [-0.05, 0) is 87.6 Å². The maximum Gasteiger partial charge on any atom is 0.264 e. The molecule has 9 heteroatoms. The van der Waals surface area contributed by atoms with Crippen LogP contribution in [0.4, 0.5) is 5.69 Å². The van der Waals surface area contributed by atoms with Gasteiger partial charge < -0.3 is 15.0 Å². The summed E-state index contributed by atoms with van der Waals surface area (Å²) in [6.07, 6.45) is 0.345. The number of nitrogens with zero attached hydrogens (tertiary/aromatic N) is 2. The predicted molar refractivity (Wildman–Crippen MR) is 172 cm³/mol. The highest BCUT2D eigenvalue weighted by molar-refractivity contribution is 7.92. The Morgan fingerprint density at radius 3 is 1.98 bits per heavy atom. The first-order chi connectivity index (χ1) is 20.2. The summed E-state index contributed by atoms with van der Waals surface area (Å²) < 4.78 is 34.6. The molecule has 0 radical (unpaired) electrons. The van der Waals surface area contributed by atoms with Crippen LogP contribution in [0.15, 0.2) is 77.7 Å². The molecule has 3 aromatic carbocycles. The van der Waals surface area contributed by atoms with Crippen molar-refractivity contribution in [2.45, 2.75) is 83.8 Å². The Kier molecular flexibility index (Phi) is 11.0. The number of anilines is 1. The van der Waals surface area contributed by atoms with E-state index in [9.17, 15) is 18.0 Å². The highest BCUT2D eigenvalue weighted by Gasteiger charge is 2.34. The van der Waals surface area contributed by atoms with Gasteiger partial charge in [0.05, 0.1) is 17.7 Å². The Bertz CT molecular complexity index is 1480. The molecule has 1 unspecified atom stereocenters. The van der Waals surface area contributed by atoms with Crippen molar-refractivity contribution in [3.8, 4) is 5.75 Å². The number of carbonyl (C=O) groups excluding carboxylic acids is 2. The van der Waals surface area contributed by atoms with Crippen LogP contribution in [0, 0.1) is 6.92 Å². The van der Waals surface area contributed by atoms with Gasteiger partial charge in [0.2, 0.25) is 11.8 Å². The van der Waals surface area contributed by atoms with E-state index >= 15 is 0 Å². The average molecular weight is 608 g/mol. The molecular formula is C34H45N3O5S.